The van der Waals surface area contributed by atoms with Crippen molar-refractivity contribution < 1.29 is 26.4 Å². The van der Waals surface area contributed by atoms with E-state index in [2.05, 4.69) is 5.32 Å². The Hall–Kier alpha value is -1.81. The second kappa shape index (κ2) is 8.14. The van der Waals surface area contributed by atoms with Gasteiger partial charge in [0.05, 0.1) is 26.1 Å². The van der Waals surface area contributed by atoms with Crippen LogP contribution in [0.5, 0.6) is 0 Å². The molecule has 1 aliphatic heterocycles. The van der Waals surface area contributed by atoms with Crippen molar-refractivity contribution in [3.05, 3.63) is 57.6 Å². The lowest BCUT2D eigenvalue weighted by atomic mass is 10.1. The molecule has 5 nitrogen and oxygen atoms in total. The van der Waals surface area contributed by atoms with E-state index in [1.165, 1.54) is 22.5 Å². The summed E-state index contributed by atoms with van der Waals surface area (Å²) in [5.74, 6) is -0.844. The van der Waals surface area contributed by atoms with E-state index in [0.29, 0.717) is 19.2 Å². The molecular formula is C18H15Cl2F3N2O3S. The van der Waals surface area contributed by atoms with Crippen LogP contribution in [-0.4, -0.2) is 31.7 Å². The zero-order chi connectivity index (χ0) is 21.4. The smallest absolute Gasteiger partial charge is 0.322 e. The first-order valence-electron chi connectivity index (χ1n) is 8.48. The number of hydrogen-bond donors (Lipinski definition) is 1. The number of anilines is 1. The summed E-state index contributed by atoms with van der Waals surface area (Å²) >= 11 is 11.6. The minimum Gasteiger partial charge on any atom is -0.322 e. The topological polar surface area (TPSA) is 66.5 Å². The number of alkyl halides is 3. The Balaban J connectivity index is 1.90. The highest BCUT2D eigenvalue weighted by Crippen LogP contribution is 2.36. The van der Waals surface area contributed by atoms with Crippen LogP contribution in [-0.2, 0) is 16.2 Å². The van der Waals surface area contributed by atoms with Crippen molar-refractivity contribution in [2.75, 3.05) is 18.4 Å². The summed E-state index contributed by atoms with van der Waals surface area (Å²) in [6, 6.07) is 6.58. The zero-order valence-corrected chi connectivity index (χ0v) is 17.1. The third-order valence-electron chi connectivity index (χ3n) is 4.41. The van der Waals surface area contributed by atoms with E-state index in [-0.39, 0.29) is 21.2 Å². The van der Waals surface area contributed by atoms with Crippen LogP contribution in [0.1, 0.15) is 28.8 Å². The monoisotopic (exact) mass is 466 g/mol. The van der Waals surface area contributed by atoms with E-state index < -0.39 is 32.7 Å². The van der Waals surface area contributed by atoms with Crippen molar-refractivity contribution in [3.8, 4) is 0 Å². The first-order valence-corrected chi connectivity index (χ1v) is 10.7. The molecule has 1 aliphatic rings. The summed E-state index contributed by atoms with van der Waals surface area (Å²) in [4.78, 5) is 12.5. The molecule has 0 saturated carbocycles. The maximum Gasteiger partial charge on any atom is 0.417 e. The first-order chi connectivity index (χ1) is 13.5. The molecule has 3 rings (SSSR count). The molecule has 1 fully saturated rings. The van der Waals surface area contributed by atoms with Crippen molar-refractivity contribution in [2.24, 2.45) is 0 Å². The van der Waals surface area contributed by atoms with Gasteiger partial charge in [-0.25, -0.2) is 8.42 Å². The third-order valence-corrected chi connectivity index (χ3v) is 6.97. The lowest BCUT2D eigenvalue weighted by molar-refractivity contribution is -0.137. The molecule has 1 amide bonds. The fourth-order valence-corrected chi connectivity index (χ4v) is 4.91. The third kappa shape index (κ3) is 4.69. The minimum atomic E-state index is -4.70. The molecule has 2 aromatic rings. The van der Waals surface area contributed by atoms with Crippen LogP contribution in [0.2, 0.25) is 10.0 Å². The molecule has 0 spiro atoms. The van der Waals surface area contributed by atoms with Gasteiger partial charge < -0.3 is 5.32 Å². The van der Waals surface area contributed by atoms with Gasteiger partial charge in [0.1, 0.15) is 0 Å². The molecule has 0 unspecified atom stereocenters. The van der Waals surface area contributed by atoms with Crippen molar-refractivity contribution in [1.29, 1.82) is 0 Å². The van der Waals surface area contributed by atoms with Crippen LogP contribution in [0.3, 0.4) is 0 Å². The molecule has 0 atom stereocenters. The number of halogens is 5. The van der Waals surface area contributed by atoms with Gasteiger partial charge in [0.15, 0.2) is 0 Å². The molecule has 1 heterocycles. The maximum atomic E-state index is 13.0. The van der Waals surface area contributed by atoms with E-state index >= 15 is 0 Å². The normalized spacial score (nSPS) is 15.5. The number of benzene rings is 2. The highest BCUT2D eigenvalue weighted by atomic mass is 35.5. The second-order valence-electron chi connectivity index (χ2n) is 6.40. The summed E-state index contributed by atoms with van der Waals surface area (Å²) in [7, 11) is -3.79. The van der Waals surface area contributed by atoms with E-state index in [4.69, 9.17) is 23.2 Å². The second-order valence-corrected chi connectivity index (χ2v) is 9.15. The van der Waals surface area contributed by atoms with Crippen LogP contribution < -0.4 is 5.32 Å². The zero-order valence-electron chi connectivity index (χ0n) is 14.8. The standard InChI is InChI=1S/C18H15Cl2F3N2O3S/c19-15-6-4-12(29(27,28)25-7-1-2-8-25)10-13(15)17(26)24-11-3-5-16(20)14(9-11)18(21,22)23/h3-6,9-10H,1-2,7-8H2,(H,24,26). The van der Waals surface area contributed by atoms with Gasteiger partial charge in [-0.2, -0.15) is 17.5 Å². The van der Waals surface area contributed by atoms with Crippen molar-refractivity contribution in [1.82, 2.24) is 4.31 Å². The predicted molar refractivity (Wildman–Crippen MR) is 104 cm³/mol. The van der Waals surface area contributed by atoms with Gasteiger partial charge >= 0.3 is 6.18 Å². The molecule has 1 saturated heterocycles. The Kier molecular flexibility index (Phi) is 6.14. The molecule has 1 N–H and O–H groups in total. The van der Waals surface area contributed by atoms with Crippen LogP contribution in [0.25, 0.3) is 0 Å². The quantitative estimate of drug-likeness (QED) is 0.685. The molecule has 0 bridgehead atoms. The van der Waals surface area contributed by atoms with E-state index in [1.54, 1.807) is 0 Å². The Bertz CT molecular complexity index is 1050. The van der Waals surface area contributed by atoms with Gasteiger partial charge in [-0.15, -0.1) is 0 Å². The molecular weight excluding hydrogens is 452 g/mol. The number of carbonyl (C=O) groups excluding carboxylic acids is 1. The highest BCUT2D eigenvalue weighted by Gasteiger charge is 2.33. The van der Waals surface area contributed by atoms with Crippen LogP contribution in [0.4, 0.5) is 18.9 Å². The van der Waals surface area contributed by atoms with E-state index in [9.17, 15) is 26.4 Å². The lowest BCUT2D eigenvalue weighted by Crippen LogP contribution is -2.28. The Morgan fingerprint density at radius 2 is 1.62 bits per heavy atom. The van der Waals surface area contributed by atoms with Gasteiger partial charge in [-0.3, -0.25) is 4.79 Å². The molecule has 156 valence electrons. The maximum absolute atomic E-state index is 13.0. The average molecular weight is 467 g/mol. The number of sulfonamides is 1. The number of nitrogens with zero attached hydrogens (tertiary/aromatic N) is 1. The molecule has 29 heavy (non-hydrogen) atoms. The molecule has 0 aliphatic carbocycles. The largest absolute Gasteiger partial charge is 0.417 e. The molecule has 0 aromatic heterocycles. The SMILES string of the molecule is O=C(Nc1ccc(Cl)c(C(F)(F)F)c1)c1cc(S(=O)(=O)N2CCCC2)ccc1Cl. The summed E-state index contributed by atoms with van der Waals surface area (Å²) in [6.45, 7) is 0.773. The van der Waals surface area contributed by atoms with E-state index in [0.717, 1.165) is 25.0 Å². The highest BCUT2D eigenvalue weighted by molar-refractivity contribution is 7.89. The van der Waals surface area contributed by atoms with Gasteiger partial charge in [0.2, 0.25) is 10.0 Å². The number of amides is 1. The number of rotatable bonds is 4. The van der Waals surface area contributed by atoms with Gasteiger partial charge in [0, 0.05) is 18.8 Å². The molecule has 0 radical (unpaired) electrons. The first kappa shape index (κ1) is 21.9. The van der Waals surface area contributed by atoms with Crippen LogP contribution in [0, 0.1) is 0 Å². The van der Waals surface area contributed by atoms with Gasteiger partial charge in [-0.05, 0) is 49.2 Å². The fraction of sp³-hybridized carbons (Fsp3) is 0.278. The van der Waals surface area contributed by atoms with Crippen molar-refractivity contribution in [2.45, 2.75) is 23.9 Å². The number of nitrogens with one attached hydrogen (secondary N) is 1. The summed E-state index contributed by atoms with van der Waals surface area (Å²) < 4.78 is 65.7. The van der Waals surface area contributed by atoms with Crippen molar-refractivity contribution in [3.63, 3.8) is 0 Å². The van der Waals surface area contributed by atoms with E-state index in [1.807, 2.05) is 0 Å². The summed E-state index contributed by atoms with van der Waals surface area (Å²) in [6.07, 6.45) is -3.20. The minimum absolute atomic E-state index is 0.0344. The Morgan fingerprint density at radius 1 is 1.00 bits per heavy atom. The number of carbonyl (C=O) groups is 1. The Labute approximate surface area is 175 Å². The predicted octanol–water partition coefficient (Wildman–Crippen LogP) is 5.05. The van der Waals surface area contributed by atoms with Crippen molar-refractivity contribution >= 4 is 44.8 Å². The fourth-order valence-electron chi connectivity index (χ4n) is 2.94. The summed E-state index contributed by atoms with van der Waals surface area (Å²) in [5.41, 5.74) is -1.43. The Morgan fingerprint density at radius 3 is 2.24 bits per heavy atom. The van der Waals surface area contributed by atoms with Gasteiger partial charge in [-0.1, -0.05) is 23.2 Å². The van der Waals surface area contributed by atoms with Crippen LogP contribution in [0.15, 0.2) is 41.3 Å². The van der Waals surface area contributed by atoms with Gasteiger partial charge in [0.25, 0.3) is 5.91 Å². The number of hydrogen-bond acceptors (Lipinski definition) is 3. The van der Waals surface area contributed by atoms with Crippen LogP contribution >= 0.6 is 23.2 Å². The molecule has 11 heteroatoms. The molecule has 2 aromatic carbocycles. The average Bonchev–Trinajstić information content (AvgIpc) is 3.18. The lowest BCUT2D eigenvalue weighted by Gasteiger charge is -2.16. The summed E-state index contributed by atoms with van der Waals surface area (Å²) in [5, 5.41) is 1.75.